The second-order valence-electron chi connectivity index (χ2n) is 4.63. The first-order valence-electron chi connectivity index (χ1n) is 6.31. The lowest BCUT2D eigenvalue weighted by Gasteiger charge is -2.18. The van der Waals surface area contributed by atoms with Crippen molar-refractivity contribution < 1.29 is 0 Å². The van der Waals surface area contributed by atoms with Gasteiger partial charge in [0.05, 0.1) is 13.1 Å². The molecule has 21 heavy (non-hydrogen) atoms. The molecule has 2 heterocycles. The van der Waals surface area contributed by atoms with E-state index in [-0.39, 0.29) is 5.92 Å². The smallest absolute Gasteiger partial charge is 0.137 e. The molecule has 0 aliphatic carbocycles. The van der Waals surface area contributed by atoms with E-state index in [0.29, 0.717) is 23.1 Å². The van der Waals surface area contributed by atoms with Crippen molar-refractivity contribution in [2.24, 2.45) is 0 Å². The number of benzene rings is 1. The van der Waals surface area contributed by atoms with E-state index in [1.807, 2.05) is 12.1 Å². The van der Waals surface area contributed by atoms with Gasteiger partial charge >= 0.3 is 0 Å². The van der Waals surface area contributed by atoms with Crippen molar-refractivity contribution in [1.29, 1.82) is 0 Å². The van der Waals surface area contributed by atoms with Crippen LogP contribution in [0.5, 0.6) is 0 Å². The Labute approximate surface area is 131 Å². The molecule has 2 aromatic heterocycles. The highest BCUT2D eigenvalue weighted by Gasteiger charge is 2.16. The van der Waals surface area contributed by atoms with Crippen molar-refractivity contribution in [3.05, 3.63) is 59.1 Å². The molecule has 108 valence electrons. The monoisotopic (exact) mass is 322 g/mol. The van der Waals surface area contributed by atoms with Gasteiger partial charge in [-0.05, 0) is 23.8 Å². The fraction of sp³-hybridized carbons (Fsp3) is 0.231. The summed E-state index contributed by atoms with van der Waals surface area (Å²) in [5, 5.41) is 9.52. The third kappa shape index (κ3) is 3.59. The Morgan fingerprint density at radius 3 is 1.81 bits per heavy atom. The van der Waals surface area contributed by atoms with Crippen LogP contribution in [0.1, 0.15) is 11.5 Å². The van der Waals surface area contributed by atoms with Gasteiger partial charge in [0.2, 0.25) is 0 Å². The number of nitrogens with zero attached hydrogens (tertiary/aromatic N) is 6. The van der Waals surface area contributed by atoms with Crippen LogP contribution in [0.4, 0.5) is 0 Å². The molecule has 3 aromatic rings. The Balaban J connectivity index is 1.90. The molecule has 0 aliphatic heterocycles. The van der Waals surface area contributed by atoms with Crippen molar-refractivity contribution in [2.45, 2.75) is 19.0 Å². The molecule has 0 bridgehead atoms. The van der Waals surface area contributed by atoms with Crippen molar-refractivity contribution in [3.63, 3.8) is 0 Å². The van der Waals surface area contributed by atoms with Gasteiger partial charge in [-0.3, -0.25) is 9.36 Å². The lowest BCUT2D eigenvalue weighted by Crippen LogP contribution is -2.16. The molecule has 0 unspecified atom stereocenters. The van der Waals surface area contributed by atoms with Crippen LogP contribution in [0, 0.1) is 0 Å². The molecule has 3 rings (SSSR count). The summed E-state index contributed by atoms with van der Waals surface area (Å²) in [6, 6.07) is 5.53. The van der Waals surface area contributed by atoms with E-state index in [1.165, 1.54) is 12.7 Å². The van der Waals surface area contributed by atoms with Crippen LogP contribution >= 0.6 is 23.2 Å². The fourth-order valence-corrected chi connectivity index (χ4v) is 2.73. The molecule has 0 radical (unpaired) electrons. The quantitative estimate of drug-likeness (QED) is 0.724. The second kappa shape index (κ2) is 6.24. The molecule has 6 nitrogen and oxygen atoms in total. The summed E-state index contributed by atoms with van der Waals surface area (Å²) in [6.45, 7) is 1.30. The minimum atomic E-state index is 0.101. The highest BCUT2D eigenvalue weighted by molar-refractivity contribution is 6.34. The van der Waals surface area contributed by atoms with Gasteiger partial charge in [0, 0.05) is 16.0 Å². The summed E-state index contributed by atoms with van der Waals surface area (Å²) in [5.74, 6) is 0.101. The van der Waals surface area contributed by atoms with E-state index in [9.17, 15) is 0 Å². The molecule has 0 aliphatic rings. The predicted molar refractivity (Wildman–Crippen MR) is 79.2 cm³/mol. The van der Waals surface area contributed by atoms with E-state index < -0.39 is 0 Å². The predicted octanol–water partition coefficient (Wildman–Crippen LogP) is 2.66. The molecule has 0 saturated heterocycles. The Morgan fingerprint density at radius 1 is 0.857 bits per heavy atom. The summed E-state index contributed by atoms with van der Waals surface area (Å²) in [6.07, 6.45) is 6.38. The van der Waals surface area contributed by atoms with E-state index in [1.54, 1.807) is 28.1 Å². The van der Waals surface area contributed by atoms with Gasteiger partial charge in [0.1, 0.15) is 25.3 Å². The van der Waals surface area contributed by atoms with Gasteiger partial charge in [0.15, 0.2) is 0 Å². The molecule has 0 N–H and O–H groups in total. The van der Waals surface area contributed by atoms with Gasteiger partial charge in [-0.25, -0.2) is 9.97 Å². The maximum Gasteiger partial charge on any atom is 0.137 e. The lowest BCUT2D eigenvalue weighted by atomic mass is 9.99. The third-order valence-corrected chi connectivity index (χ3v) is 3.54. The van der Waals surface area contributed by atoms with E-state index >= 15 is 0 Å². The fourth-order valence-electron chi connectivity index (χ4n) is 2.19. The van der Waals surface area contributed by atoms with Crippen LogP contribution in [0.15, 0.2) is 43.5 Å². The van der Waals surface area contributed by atoms with Crippen LogP contribution in [-0.4, -0.2) is 29.5 Å². The normalized spacial score (nSPS) is 11.2. The molecular formula is C13H12Cl2N6. The standard InChI is InChI=1S/C13H12Cl2N6/c14-12-1-10(2-13(15)3-12)11(4-20-8-16-6-18-20)5-21-9-17-7-19-21/h1-3,6-9,11H,4-5H2. The lowest BCUT2D eigenvalue weighted by molar-refractivity contribution is 0.437. The number of rotatable bonds is 5. The maximum absolute atomic E-state index is 6.10. The average Bonchev–Trinajstić information content (AvgIpc) is 3.10. The highest BCUT2D eigenvalue weighted by Crippen LogP contribution is 2.26. The van der Waals surface area contributed by atoms with Crippen molar-refractivity contribution in [3.8, 4) is 0 Å². The van der Waals surface area contributed by atoms with Crippen molar-refractivity contribution in [2.75, 3.05) is 0 Å². The van der Waals surface area contributed by atoms with Crippen molar-refractivity contribution >= 4 is 23.2 Å². The maximum atomic E-state index is 6.10. The zero-order valence-corrected chi connectivity index (χ0v) is 12.5. The molecule has 1 aromatic carbocycles. The van der Waals surface area contributed by atoms with E-state index in [4.69, 9.17) is 23.2 Å². The average molecular weight is 323 g/mol. The van der Waals surface area contributed by atoms with Gasteiger partial charge in [-0.15, -0.1) is 0 Å². The Morgan fingerprint density at radius 2 is 1.38 bits per heavy atom. The zero-order chi connectivity index (χ0) is 14.7. The Kier molecular flexibility index (Phi) is 4.17. The Bertz CT molecular complexity index is 639. The minimum Gasteiger partial charge on any atom is -0.252 e. The van der Waals surface area contributed by atoms with Crippen LogP contribution in [0.25, 0.3) is 0 Å². The summed E-state index contributed by atoms with van der Waals surface area (Å²) < 4.78 is 3.55. The number of aromatic nitrogens is 6. The molecule has 0 amide bonds. The molecule has 0 saturated carbocycles. The Hall–Kier alpha value is -1.92. The molecule has 0 fully saturated rings. The first-order chi connectivity index (χ1) is 10.2. The van der Waals surface area contributed by atoms with Gasteiger partial charge in [-0.2, -0.15) is 10.2 Å². The van der Waals surface area contributed by atoms with Crippen LogP contribution in [-0.2, 0) is 13.1 Å². The number of hydrogen-bond donors (Lipinski definition) is 0. The molecule has 0 spiro atoms. The number of hydrogen-bond acceptors (Lipinski definition) is 4. The summed E-state index contributed by atoms with van der Waals surface area (Å²) in [4.78, 5) is 7.93. The highest BCUT2D eigenvalue weighted by atomic mass is 35.5. The van der Waals surface area contributed by atoms with Crippen LogP contribution in [0.2, 0.25) is 10.0 Å². The summed E-state index contributed by atoms with van der Waals surface area (Å²) in [7, 11) is 0. The SMILES string of the molecule is Clc1cc(Cl)cc(C(Cn2cncn2)Cn2cncn2)c1. The second-order valence-corrected chi connectivity index (χ2v) is 5.51. The molecular weight excluding hydrogens is 311 g/mol. The summed E-state index contributed by atoms with van der Waals surface area (Å²) in [5.41, 5.74) is 1.03. The van der Waals surface area contributed by atoms with E-state index in [2.05, 4.69) is 20.2 Å². The van der Waals surface area contributed by atoms with Gasteiger partial charge in [0.25, 0.3) is 0 Å². The minimum absolute atomic E-state index is 0.101. The molecule has 8 heteroatoms. The van der Waals surface area contributed by atoms with E-state index in [0.717, 1.165) is 5.56 Å². The first kappa shape index (κ1) is 14.0. The van der Waals surface area contributed by atoms with Gasteiger partial charge < -0.3 is 0 Å². The van der Waals surface area contributed by atoms with Gasteiger partial charge in [-0.1, -0.05) is 23.2 Å². The van der Waals surface area contributed by atoms with Crippen LogP contribution in [0.3, 0.4) is 0 Å². The largest absolute Gasteiger partial charge is 0.252 e. The van der Waals surface area contributed by atoms with Crippen LogP contribution < -0.4 is 0 Å². The topological polar surface area (TPSA) is 61.4 Å². The molecule has 0 atom stereocenters. The third-order valence-electron chi connectivity index (χ3n) is 3.10. The number of halogens is 2. The first-order valence-corrected chi connectivity index (χ1v) is 7.07. The summed E-state index contributed by atoms with van der Waals surface area (Å²) >= 11 is 12.2. The van der Waals surface area contributed by atoms with Crippen molar-refractivity contribution in [1.82, 2.24) is 29.5 Å². The zero-order valence-electron chi connectivity index (χ0n) is 11.0.